The van der Waals surface area contributed by atoms with Crippen LogP contribution in [0.2, 0.25) is 0 Å². The molecule has 28 heavy (non-hydrogen) atoms. The molecule has 4 rings (SSSR count). The molecule has 0 saturated heterocycles. The van der Waals surface area contributed by atoms with Crippen molar-refractivity contribution in [3.05, 3.63) is 71.5 Å². The van der Waals surface area contributed by atoms with Crippen LogP contribution in [0.15, 0.2) is 54.7 Å². The van der Waals surface area contributed by atoms with Crippen molar-refractivity contribution in [2.45, 2.75) is 18.8 Å². The zero-order chi connectivity index (χ0) is 19.5. The molecule has 0 aliphatic heterocycles. The average Bonchev–Trinajstić information content (AvgIpc) is 2.74. The molecule has 1 aliphatic rings. The highest BCUT2D eigenvalue weighted by Gasteiger charge is 2.28. The normalized spacial score (nSPS) is 15.6. The number of rotatable bonds is 5. The van der Waals surface area contributed by atoms with Crippen molar-refractivity contribution in [3.63, 3.8) is 0 Å². The fourth-order valence-electron chi connectivity index (χ4n) is 3.42. The van der Waals surface area contributed by atoms with E-state index in [2.05, 4.69) is 15.3 Å². The van der Waals surface area contributed by atoms with Crippen molar-refractivity contribution in [1.82, 2.24) is 9.97 Å². The van der Waals surface area contributed by atoms with Gasteiger partial charge in [0.15, 0.2) is 5.78 Å². The number of carbonyl (C=O) groups excluding carboxylic acids is 1. The molecular weight excluding hydrogens is 354 g/mol. The first-order valence-corrected chi connectivity index (χ1v) is 9.10. The highest BCUT2D eigenvalue weighted by molar-refractivity contribution is 5.98. The number of hydrogen-bond donors (Lipinski definition) is 1. The number of methoxy groups -OCH3 is 2. The molecule has 1 N–H and O–H groups in total. The van der Waals surface area contributed by atoms with Crippen molar-refractivity contribution in [3.8, 4) is 11.5 Å². The molecule has 0 unspecified atom stereocenters. The smallest absolute Gasteiger partial charge is 0.227 e. The third kappa shape index (κ3) is 3.67. The van der Waals surface area contributed by atoms with Crippen LogP contribution < -0.4 is 14.8 Å². The quantitative estimate of drug-likeness (QED) is 0.722. The lowest BCUT2D eigenvalue weighted by molar-refractivity contribution is 0.0962. The molecule has 0 bridgehead atoms. The Morgan fingerprint density at radius 1 is 0.929 bits per heavy atom. The Hall–Kier alpha value is -3.41. The minimum atomic E-state index is 0.0815. The van der Waals surface area contributed by atoms with E-state index in [1.165, 1.54) is 0 Å². The van der Waals surface area contributed by atoms with Crippen molar-refractivity contribution in [2.75, 3.05) is 19.5 Å². The van der Waals surface area contributed by atoms with E-state index >= 15 is 0 Å². The van der Waals surface area contributed by atoms with E-state index in [0.717, 1.165) is 28.4 Å². The monoisotopic (exact) mass is 375 g/mol. The summed E-state index contributed by atoms with van der Waals surface area (Å²) in [6, 6.07) is 15.4. The summed E-state index contributed by atoms with van der Waals surface area (Å²) in [6.45, 7) is 0. The second-order valence-corrected chi connectivity index (χ2v) is 6.71. The predicted octanol–water partition coefficient (Wildman–Crippen LogP) is 4.15. The minimum Gasteiger partial charge on any atom is -0.497 e. The van der Waals surface area contributed by atoms with Crippen molar-refractivity contribution < 1.29 is 14.3 Å². The largest absolute Gasteiger partial charge is 0.497 e. The van der Waals surface area contributed by atoms with E-state index in [4.69, 9.17) is 9.47 Å². The Balaban J connectivity index is 1.56. The molecule has 6 heteroatoms. The number of anilines is 2. The molecule has 0 spiro atoms. The molecule has 0 fully saturated rings. The van der Waals surface area contributed by atoms with Crippen LogP contribution >= 0.6 is 0 Å². The van der Waals surface area contributed by atoms with Gasteiger partial charge in [-0.2, -0.15) is 0 Å². The summed E-state index contributed by atoms with van der Waals surface area (Å²) in [6.07, 6.45) is 2.79. The number of carbonyl (C=O) groups is 1. The summed E-state index contributed by atoms with van der Waals surface area (Å²) >= 11 is 0. The van der Waals surface area contributed by atoms with Crippen LogP contribution in [0.1, 0.15) is 34.0 Å². The molecule has 6 nitrogen and oxygen atoms in total. The van der Waals surface area contributed by atoms with Gasteiger partial charge >= 0.3 is 0 Å². The molecule has 1 heterocycles. The maximum atomic E-state index is 12.6. The van der Waals surface area contributed by atoms with E-state index in [-0.39, 0.29) is 11.7 Å². The van der Waals surface area contributed by atoms with E-state index in [1.807, 2.05) is 48.5 Å². The van der Waals surface area contributed by atoms with Crippen molar-refractivity contribution >= 4 is 17.4 Å². The second-order valence-electron chi connectivity index (χ2n) is 6.71. The lowest BCUT2D eigenvalue weighted by Crippen LogP contribution is -2.21. The summed E-state index contributed by atoms with van der Waals surface area (Å²) in [4.78, 5) is 21.5. The SMILES string of the molecule is COc1ccc(Nc2ncc3c(n2)C[C@H](c2ccc(OC)cc2)CC3=O)cc1. The Kier molecular flexibility index (Phi) is 4.93. The number of ether oxygens (including phenoxy) is 2. The third-order valence-electron chi connectivity index (χ3n) is 4.97. The Morgan fingerprint density at radius 2 is 1.57 bits per heavy atom. The van der Waals surface area contributed by atoms with Crippen LogP contribution in [-0.2, 0) is 6.42 Å². The maximum absolute atomic E-state index is 12.6. The molecular formula is C22H21N3O3. The number of nitrogens with one attached hydrogen (secondary N) is 1. The first-order chi connectivity index (χ1) is 13.7. The van der Waals surface area contributed by atoms with E-state index < -0.39 is 0 Å². The zero-order valence-electron chi connectivity index (χ0n) is 15.8. The van der Waals surface area contributed by atoms with E-state index in [0.29, 0.717) is 24.4 Å². The molecule has 1 aliphatic carbocycles. The van der Waals surface area contributed by atoms with Crippen LogP contribution in [0, 0.1) is 0 Å². The lowest BCUT2D eigenvalue weighted by atomic mass is 9.82. The van der Waals surface area contributed by atoms with Gasteiger partial charge in [0.05, 0.1) is 25.5 Å². The van der Waals surface area contributed by atoms with E-state index in [1.54, 1.807) is 20.4 Å². The number of nitrogens with zero attached hydrogens (tertiary/aromatic N) is 2. The van der Waals surface area contributed by atoms with Gasteiger partial charge in [-0.1, -0.05) is 12.1 Å². The lowest BCUT2D eigenvalue weighted by Gasteiger charge is -2.23. The topological polar surface area (TPSA) is 73.3 Å². The van der Waals surface area contributed by atoms with Gasteiger partial charge in [-0.25, -0.2) is 9.97 Å². The number of Topliss-reactive ketones (excluding diaryl/α,β-unsaturated/α-hetero) is 1. The summed E-state index contributed by atoms with van der Waals surface area (Å²) in [5, 5.41) is 3.18. The Labute approximate surface area is 163 Å². The Morgan fingerprint density at radius 3 is 2.21 bits per heavy atom. The van der Waals surface area contributed by atoms with Crippen LogP contribution in [0.5, 0.6) is 11.5 Å². The third-order valence-corrected chi connectivity index (χ3v) is 4.97. The van der Waals surface area contributed by atoms with Crippen molar-refractivity contribution in [1.29, 1.82) is 0 Å². The van der Waals surface area contributed by atoms with Crippen LogP contribution in [0.25, 0.3) is 0 Å². The van der Waals surface area contributed by atoms with Gasteiger partial charge in [0.2, 0.25) is 5.95 Å². The standard InChI is InChI=1S/C22H21N3O3/c1-27-17-7-3-14(4-8-17)15-11-20-19(21(26)12-15)13-23-22(25-20)24-16-5-9-18(28-2)10-6-16/h3-10,13,15H,11-12H2,1-2H3,(H,23,24,25)/t15-/m0/s1. The number of benzene rings is 2. The predicted molar refractivity (Wildman–Crippen MR) is 107 cm³/mol. The summed E-state index contributed by atoms with van der Waals surface area (Å²) < 4.78 is 10.4. The highest BCUT2D eigenvalue weighted by atomic mass is 16.5. The molecule has 0 amide bonds. The molecule has 0 saturated carbocycles. The van der Waals surface area contributed by atoms with Gasteiger partial charge in [-0.15, -0.1) is 0 Å². The molecule has 2 aromatic carbocycles. The van der Waals surface area contributed by atoms with Gasteiger partial charge < -0.3 is 14.8 Å². The van der Waals surface area contributed by atoms with Gasteiger partial charge in [-0.3, -0.25) is 4.79 Å². The van der Waals surface area contributed by atoms with Crippen LogP contribution in [-0.4, -0.2) is 30.0 Å². The molecule has 0 radical (unpaired) electrons. The van der Waals surface area contributed by atoms with Crippen molar-refractivity contribution in [2.24, 2.45) is 0 Å². The fraction of sp³-hybridized carbons (Fsp3) is 0.227. The number of aromatic nitrogens is 2. The summed E-state index contributed by atoms with van der Waals surface area (Å²) in [5.74, 6) is 2.25. The molecule has 1 atom stereocenters. The number of fused-ring (bicyclic) bond motifs is 1. The van der Waals surface area contributed by atoms with Gasteiger partial charge in [0.25, 0.3) is 0 Å². The second kappa shape index (κ2) is 7.68. The van der Waals surface area contributed by atoms with E-state index in [9.17, 15) is 4.79 Å². The molecule has 3 aromatic rings. The summed E-state index contributed by atoms with van der Waals surface area (Å²) in [5.41, 5.74) is 3.37. The number of hydrogen-bond acceptors (Lipinski definition) is 6. The first-order valence-electron chi connectivity index (χ1n) is 9.10. The van der Waals surface area contributed by atoms with Gasteiger partial charge in [-0.05, 0) is 54.3 Å². The molecule has 1 aromatic heterocycles. The minimum absolute atomic E-state index is 0.0815. The highest BCUT2D eigenvalue weighted by Crippen LogP contribution is 2.33. The first kappa shape index (κ1) is 18.0. The van der Waals surface area contributed by atoms with Crippen LogP contribution in [0.4, 0.5) is 11.6 Å². The zero-order valence-corrected chi connectivity index (χ0v) is 15.8. The Bertz CT molecular complexity index is 985. The maximum Gasteiger partial charge on any atom is 0.227 e. The average molecular weight is 375 g/mol. The fourth-order valence-corrected chi connectivity index (χ4v) is 3.42. The summed E-state index contributed by atoms with van der Waals surface area (Å²) in [7, 11) is 3.27. The molecule has 142 valence electrons. The van der Waals surface area contributed by atoms with Gasteiger partial charge in [0, 0.05) is 18.3 Å². The van der Waals surface area contributed by atoms with Crippen LogP contribution in [0.3, 0.4) is 0 Å². The number of ketones is 1. The van der Waals surface area contributed by atoms with Gasteiger partial charge in [0.1, 0.15) is 11.5 Å².